The van der Waals surface area contributed by atoms with Crippen LogP contribution >= 0.6 is 0 Å². The van der Waals surface area contributed by atoms with Crippen molar-refractivity contribution in [1.29, 1.82) is 0 Å². The summed E-state index contributed by atoms with van der Waals surface area (Å²) in [5, 5.41) is 0. The first-order chi connectivity index (χ1) is 7.58. The van der Waals surface area contributed by atoms with E-state index in [4.69, 9.17) is 9.47 Å². The highest BCUT2D eigenvalue weighted by molar-refractivity contribution is 5.03. The molecule has 0 aliphatic carbocycles. The number of allylic oxidation sites excluding steroid dienone is 3. The second-order valence-corrected chi connectivity index (χ2v) is 4.81. The van der Waals surface area contributed by atoms with Crippen LogP contribution in [-0.4, -0.2) is 19.0 Å². The molecule has 0 aromatic heterocycles. The third kappa shape index (κ3) is 5.47. The summed E-state index contributed by atoms with van der Waals surface area (Å²) in [7, 11) is 0. The Morgan fingerprint density at radius 3 is 2.69 bits per heavy atom. The molecule has 1 aliphatic heterocycles. The van der Waals surface area contributed by atoms with E-state index in [1.54, 1.807) is 0 Å². The second-order valence-electron chi connectivity index (χ2n) is 4.81. The Kier molecular flexibility index (Phi) is 5.78. The van der Waals surface area contributed by atoms with Crippen molar-refractivity contribution in [3.63, 3.8) is 0 Å². The summed E-state index contributed by atoms with van der Waals surface area (Å²) in [5.41, 5.74) is 2.73. The minimum atomic E-state index is -0.129. The fourth-order valence-corrected chi connectivity index (χ4v) is 1.68. The van der Waals surface area contributed by atoms with E-state index in [9.17, 15) is 0 Å². The van der Waals surface area contributed by atoms with Gasteiger partial charge in [0, 0.05) is 0 Å². The first kappa shape index (κ1) is 13.5. The number of ether oxygens (including phenoxy) is 2. The van der Waals surface area contributed by atoms with Gasteiger partial charge in [0.05, 0.1) is 12.7 Å². The molecule has 0 aromatic carbocycles. The minimum absolute atomic E-state index is 0.129. The summed E-state index contributed by atoms with van der Waals surface area (Å²) in [4.78, 5) is 0. The van der Waals surface area contributed by atoms with Crippen LogP contribution in [0.5, 0.6) is 0 Å². The van der Waals surface area contributed by atoms with Gasteiger partial charge in [0.1, 0.15) is 0 Å². The van der Waals surface area contributed by atoms with E-state index in [1.165, 1.54) is 11.1 Å². The van der Waals surface area contributed by atoms with Crippen molar-refractivity contribution in [2.75, 3.05) is 6.61 Å². The maximum Gasteiger partial charge on any atom is 0.177 e. The molecular formula is C14H24O2. The second kappa shape index (κ2) is 6.87. The standard InChI is InChI=1S/C14H24O2/c1-11(2)6-5-7-12(3)10-14-15-9-8-13(4)16-14/h6,10,13-14H,5,7-9H2,1-4H3/b12-10+/t13-,14+/m1/s1. The first-order valence-corrected chi connectivity index (χ1v) is 6.15. The lowest BCUT2D eigenvalue weighted by Crippen LogP contribution is -2.29. The van der Waals surface area contributed by atoms with E-state index >= 15 is 0 Å². The fraction of sp³-hybridized carbons (Fsp3) is 0.714. The Labute approximate surface area is 99.3 Å². The van der Waals surface area contributed by atoms with E-state index in [0.717, 1.165) is 25.9 Å². The lowest BCUT2D eigenvalue weighted by atomic mass is 10.1. The molecule has 0 unspecified atom stereocenters. The lowest BCUT2D eigenvalue weighted by Gasteiger charge is -2.26. The van der Waals surface area contributed by atoms with Crippen LogP contribution < -0.4 is 0 Å². The van der Waals surface area contributed by atoms with Gasteiger partial charge in [-0.1, -0.05) is 17.2 Å². The van der Waals surface area contributed by atoms with Crippen molar-refractivity contribution in [2.24, 2.45) is 0 Å². The van der Waals surface area contributed by atoms with Crippen LogP contribution in [0, 0.1) is 0 Å². The summed E-state index contributed by atoms with van der Waals surface area (Å²) < 4.78 is 11.2. The van der Waals surface area contributed by atoms with Gasteiger partial charge >= 0.3 is 0 Å². The zero-order valence-corrected chi connectivity index (χ0v) is 11.0. The molecular weight excluding hydrogens is 200 g/mol. The molecule has 0 amide bonds. The van der Waals surface area contributed by atoms with Crippen molar-refractivity contribution in [3.8, 4) is 0 Å². The Hall–Kier alpha value is -0.600. The molecule has 1 fully saturated rings. The molecule has 1 saturated heterocycles. The molecule has 0 bridgehead atoms. The highest BCUT2D eigenvalue weighted by atomic mass is 16.7. The minimum Gasteiger partial charge on any atom is -0.349 e. The number of hydrogen-bond acceptors (Lipinski definition) is 2. The third-order valence-electron chi connectivity index (χ3n) is 2.68. The molecule has 0 N–H and O–H groups in total. The third-order valence-corrected chi connectivity index (χ3v) is 2.68. The predicted molar refractivity (Wildman–Crippen MR) is 67.3 cm³/mol. The highest BCUT2D eigenvalue weighted by Crippen LogP contribution is 2.16. The summed E-state index contributed by atoms with van der Waals surface area (Å²) in [6, 6.07) is 0. The smallest absolute Gasteiger partial charge is 0.177 e. The topological polar surface area (TPSA) is 18.5 Å². The van der Waals surface area contributed by atoms with Gasteiger partial charge in [-0.3, -0.25) is 0 Å². The molecule has 0 saturated carbocycles. The SMILES string of the molecule is CC(C)=CCC/C(C)=C/[C@H]1OCC[C@@H](C)O1. The van der Waals surface area contributed by atoms with Gasteiger partial charge in [-0.2, -0.15) is 0 Å². The average Bonchev–Trinajstić information content (AvgIpc) is 2.16. The largest absolute Gasteiger partial charge is 0.349 e. The van der Waals surface area contributed by atoms with Crippen LogP contribution in [0.3, 0.4) is 0 Å². The zero-order chi connectivity index (χ0) is 12.0. The van der Waals surface area contributed by atoms with Crippen LogP contribution in [0.2, 0.25) is 0 Å². The maximum absolute atomic E-state index is 5.67. The van der Waals surface area contributed by atoms with Gasteiger partial charge < -0.3 is 9.47 Å². The molecule has 2 nitrogen and oxygen atoms in total. The van der Waals surface area contributed by atoms with Crippen molar-refractivity contribution in [2.45, 2.75) is 59.4 Å². The Bertz CT molecular complexity index is 262. The van der Waals surface area contributed by atoms with Crippen molar-refractivity contribution < 1.29 is 9.47 Å². The molecule has 0 spiro atoms. The zero-order valence-electron chi connectivity index (χ0n) is 11.0. The molecule has 2 atom stereocenters. The number of rotatable bonds is 4. The summed E-state index contributed by atoms with van der Waals surface area (Å²) in [6.45, 7) is 9.32. The molecule has 0 aromatic rings. The normalized spacial score (nSPS) is 26.6. The Morgan fingerprint density at radius 2 is 2.06 bits per heavy atom. The van der Waals surface area contributed by atoms with Gasteiger partial charge in [0.15, 0.2) is 6.29 Å². The molecule has 16 heavy (non-hydrogen) atoms. The van der Waals surface area contributed by atoms with Crippen LogP contribution in [0.1, 0.15) is 47.0 Å². The maximum atomic E-state index is 5.67. The van der Waals surface area contributed by atoms with E-state index < -0.39 is 0 Å². The number of hydrogen-bond donors (Lipinski definition) is 0. The van der Waals surface area contributed by atoms with Crippen LogP contribution in [-0.2, 0) is 9.47 Å². The van der Waals surface area contributed by atoms with E-state index in [-0.39, 0.29) is 6.29 Å². The predicted octanol–water partition coefficient (Wildman–Crippen LogP) is 3.83. The monoisotopic (exact) mass is 224 g/mol. The summed E-state index contributed by atoms with van der Waals surface area (Å²) >= 11 is 0. The molecule has 2 heteroatoms. The van der Waals surface area contributed by atoms with E-state index in [2.05, 4.69) is 39.8 Å². The molecule has 1 rings (SSSR count). The lowest BCUT2D eigenvalue weighted by molar-refractivity contribution is -0.181. The summed E-state index contributed by atoms with van der Waals surface area (Å²) in [6.07, 6.45) is 7.75. The van der Waals surface area contributed by atoms with Gasteiger partial charge in [-0.15, -0.1) is 0 Å². The van der Waals surface area contributed by atoms with Gasteiger partial charge in [0.25, 0.3) is 0 Å². The molecule has 0 radical (unpaired) electrons. The molecule has 1 aliphatic rings. The fourth-order valence-electron chi connectivity index (χ4n) is 1.68. The summed E-state index contributed by atoms with van der Waals surface area (Å²) in [5.74, 6) is 0. The van der Waals surface area contributed by atoms with Crippen LogP contribution in [0.25, 0.3) is 0 Å². The van der Waals surface area contributed by atoms with Crippen LogP contribution in [0.4, 0.5) is 0 Å². The highest BCUT2D eigenvalue weighted by Gasteiger charge is 2.17. The van der Waals surface area contributed by atoms with E-state index in [1.807, 2.05) is 0 Å². The van der Waals surface area contributed by atoms with Crippen LogP contribution in [0.15, 0.2) is 23.3 Å². The first-order valence-electron chi connectivity index (χ1n) is 6.15. The van der Waals surface area contributed by atoms with Crippen molar-refractivity contribution >= 4 is 0 Å². The molecule has 92 valence electrons. The van der Waals surface area contributed by atoms with Gasteiger partial charge in [0.2, 0.25) is 0 Å². The Balaban J connectivity index is 2.34. The quantitative estimate of drug-likeness (QED) is 0.676. The Morgan fingerprint density at radius 1 is 1.31 bits per heavy atom. The molecule has 1 heterocycles. The average molecular weight is 224 g/mol. The van der Waals surface area contributed by atoms with Gasteiger partial charge in [-0.05, 0) is 53.0 Å². The van der Waals surface area contributed by atoms with Gasteiger partial charge in [-0.25, -0.2) is 0 Å². The van der Waals surface area contributed by atoms with E-state index in [0.29, 0.717) is 6.10 Å². The van der Waals surface area contributed by atoms with Crippen molar-refractivity contribution in [3.05, 3.63) is 23.3 Å². The van der Waals surface area contributed by atoms with Crippen molar-refractivity contribution in [1.82, 2.24) is 0 Å².